The van der Waals surface area contributed by atoms with Crippen LogP contribution >= 0.6 is 0 Å². The minimum Gasteiger partial charge on any atom is -0.472 e. The van der Waals surface area contributed by atoms with E-state index in [4.69, 9.17) is 10.5 Å². The monoisotopic (exact) mass is 359 g/mol. The van der Waals surface area contributed by atoms with Gasteiger partial charge < -0.3 is 15.4 Å². The van der Waals surface area contributed by atoms with Crippen LogP contribution < -0.4 is 15.4 Å². The second-order valence-corrected chi connectivity index (χ2v) is 7.06. The molecule has 4 rings (SSSR count). The third-order valence-electron chi connectivity index (χ3n) is 5.06. The Bertz CT molecular complexity index is 893. The van der Waals surface area contributed by atoms with E-state index in [-0.39, 0.29) is 6.10 Å². The standard InChI is InChI=1S/C23H25N3O/c1-17-7-10-23(25-15-17)27-21-11-12-26(16-21)22-9-8-19(13-20(22)14-24)18-5-3-2-4-6-18/h2-10,13,15,21H,11-12,14,16,24H2,1H3/t21-/m0/s1. The van der Waals surface area contributed by atoms with Gasteiger partial charge in [0.05, 0.1) is 6.54 Å². The van der Waals surface area contributed by atoms with Crippen molar-refractivity contribution >= 4 is 5.69 Å². The molecule has 0 aliphatic carbocycles. The minimum atomic E-state index is 0.152. The van der Waals surface area contributed by atoms with Crippen molar-refractivity contribution in [2.45, 2.75) is 26.0 Å². The first-order chi connectivity index (χ1) is 13.2. The molecule has 138 valence electrons. The maximum absolute atomic E-state index is 6.07. The highest BCUT2D eigenvalue weighted by Gasteiger charge is 2.26. The lowest BCUT2D eigenvalue weighted by Gasteiger charge is -2.22. The second-order valence-electron chi connectivity index (χ2n) is 7.06. The lowest BCUT2D eigenvalue weighted by molar-refractivity contribution is 0.216. The molecule has 4 nitrogen and oxygen atoms in total. The number of hydrogen-bond donors (Lipinski definition) is 1. The molecular weight excluding hydrogens is 334 g/mol. The van der Waals surface area contributed by atoms with Crippen LogP contribution in [0.1, 0.15) is 17.5 Å². The number of hydrogen-bond acceptors (Lipinski definition) is 4. The predicted octanol–water partition coefficient (Wildman–Crippen LogP) is 4.17. The summed E-state index contributed by atoms with van der Waals surface area (Å²) in [7, 11) is 0. The maximum Gasteiger partial charge on any atom is 0.213 e. The summed E-state index contributed by atoms with van der Waals surface area (Å²) >= 11 is 0. The Morgan fingerprint density at radius 1 is 1.07 bits per heavy atom. The highest BCUT2D eigenvalue weighted by atomic mass is 16.5. The van der Waals surface area contributed by atoms with Gasteiger partial charge >= 0.3 is 0 Å². The van der Waals surface area contributed by atoms with E-state index in [0.717, 1.165) is 25.1 Å². The van der Waals surface area contributed by atoms with Crippen molar-refractivity contribution < 1.29 is 4.74 Å². The fourth-order valence-electron chi connectivity index (χ4n) is 3.61. The largest absolute Gasteiger partial charge is 0.472 e. The molecule has 0 bridgehead atoms. The summed E-state index contributed by atoms with van der Waals surface area (Å²) in [5.74, 6) is 0.700. The summed E-state index contributed by atoms with van der Waals surface area (Å²) in [6.07, 6.45) is 2.98. The Balaban J connectivity index is 1.49. The molecule has 0 spiro atoms. The van der Waals surface area contributed by atoms with Crippen molar-refractivity contribution in [3.63, 3.8) is 0 Å². The van der Waals surface area contributed by atoms with Gasteiger partial charge in [0.1, 0.15) is 6.10 Å². The first kappa shape index (κ1) is 17.6. The van der Waals surface area contributed by atoms with Crippen LogP contribution in [0.3, 0.4) is 0 Å². The van der Waals surface area contributed by atoms with Crippen molar-refractivity contribution in [1.82, 2.24) is 4.98 Å². The molecule has 0 amide bonds. The van der Waals surface area contributed by atoms with Crippen LogP contribution in [-0.4, -0.2) is 24.2 Å². The van der Waals surface area contributed by atoms with Crippen molar-refractivity contribution in [2.75, 3.05) is 18.0 Å². The number of anilines is 1. The van der Waals surface area contributed by atoms with Crippen molar-refractivity contribution in [1.29, 1.82) is 0 Å². The zero-order valence-electron chi connectivity index (χ0n) is 15.6. The van der Waals surface area contributed by atoms with E-state index in [1.807, 2.05) is 31.3 Å². The molecule has 2 aromatic carbocycles. The molecule has 1 aliphatic rings. The van der Waals surface area contributed by atoms with Crippen molar-refractivity contribution in [3.05, 3.63) is 78.0 Å². The SMILES string of the molecule is Cc1ccc(O[C@H]2CCN(c3ccc(-c4ccccc4)cc3CN)C2)nc1. The van der Waals surface area contributed by atoms with Crippen LogP contribution in [-0.2, 0) is 6.54 Å². The van der Waals surface area contributed by atoms with Crippen LogP contribution in [0.25, 0.3) is 11.1 Å². The zero-order chi connectivity index (χ0) is 18.6. The lowest BCUT2D eigenvalue weighted by Crippen LogP contribution is -2.26. The molecule has 1 aromatic heterocycles. The van der Waals surface area contributed by atoms with Crippen molar-refractivity contribution in [3.8, 4) is 17.0 Å². The summed E-state index contributed by atoms with van der Waals surface area (Å²) in [5, 5.41) is 0. The van der Waals surface area contributed by atoms with Gasteiger partial charge in [0.25, 0.3) is 0 Å². The van der Waals surface area contributed by atoms with Crippen molar-refractivity contribution in [2.24, 2.45) is 5.73 Å². The van der Waals surface area contributed by atoms with Crippen LogP contribution in [0.4, 0.5) is 5.69 Å². The Morgan fingerprint density at radius 3 is 2.67 bits per heavy atom. The quantitative estimate of drug-likeness (QED) is 0.743. The summed E-state index contributed by atoms with van der Waals surface area (Å²) in [6.45, 7) is 4.38. The average Bonchev–Trinajstić information content (AvgIpc) is 3.18. The van der Waals surface area contributed by atoms with E-state index >= 15 is 0 Å². The Labute approximate surface area is 160 Å². The maximum atomic E-state index is 6.07. The van der Waals surface area contributed by atoms with Crippen LogP contribution in [0, 0.1) is 6.92 Å². The molecule has 1 aliphatic heterocycles. The highest BCUT2D eigenvalue weighted by Crippen LogP contribution is 2.30. The highest BCUT2D eigenvalue weighted by molar-refractivity contribution is 5.69. The molecule has 2 N–H and O–H groups in total. The molecule has 0 unspecified atom stereocenters. The first-order valence-electron chi connectivity index (χ1n) is 9.45. The molecule has 4 heteroatoms. The fraction of sp³-hybridized carbons (Fsp3) is 0.261. The number of pyridine rings is 1. The third kappa shape index (κ3) is 3.96. The first-order valence-corrected chi connectivity index (χ1v) is 9.45. The van der Waals surface area contributed by atoms with Gasteiger partial charge in [0.15, 0.2) is 0 Å². The van der Waals surface area contributed by atoms with Crippen LogP contribution in [0.2, 0.25) is 0 Å². The van der Waals surface area contributed by atoms with E-state index in [2.05, 4.69) is 52.3 Å². The van der Waals surface area contributed by atoms with E-state index in [0.29, 0.717) is 12.4 Å². The van der Waals surface area contributed by atoms with Crippen LogP contribution in [0.5, 0.6) is 5.88 Å². The molecular formula is C23H25N3O. The summed E-state index contributed by atoms with van der Waals surface area (Å²) < 4.78 is 6.06. The summed E-state index contributed by atoms with van der Waals surface area (Å²) in [5.41, 5.74) is 12.0. The number of ether oxygens (including phenoxy) is 1. The Hall–Kier alpha value is -2.85. The molecule has 1 atom stereocenters. The molecule has 0 saturated carbocycles. The number of nitrogens with zero attached hydrogens (tertiary/aromatic N) is 2. The molecule has 3 aromatic rings. The normalized spacial score (nSPS) is 16.5. The van der Waals surface area contributed by atoms with Crippen LogP contribution in [0.15, 0.2) is 66.9 Å². The topological polar surface area (TPSA) is 51.4 Å². The van der Waals surface area contributed by atoms with Gasteiger partial charge in [0, 0.05) is 37.5 Å². The van der Waals surface area contributed by atoms with E-state index in [1.54, 1.807) is 0 Å². The van der Waals surface area contributed by atoms with Gasteiger partial charge in [-0.2, -0.15) is 0 Å². The minimum absolute atomic E-state index is 0.152. The Morgan fingerprint density at radius 2 is 1.93 bits per heavy atom. The van der Waals surface area contributed by atoms with E-state index in [1.165, 1.54) is 22.4 Å². The summed E-state index contributed by atoms with van der Waals surface area (Å²) in [6, 6.07) is 21.0. The second kappa shape index (κ2) is 7.80. The van der Waals surface area contributed by atoms with Gasteiger partial charge in [-0.05, 0) is 41.3 Å². The van der Waals surface area contributed by atoms with E-state index < -0.39 is 0 Å². The smallest absolute Gasteiger partial charge is 0.213 e. The predicted molar refractivity (Wildman–Crippen MR) is 110 cm³/mol. The van der Waals surface area contributed by atoms with Gasteiger partial charge in [0.2, 0.25) is 5.88 Å². The summed E-state index contributed by atoms with van der Waals surface area (Å²) in [4.78, 5) is 6.73. The lowest BCUT2D eigenvalue weighted by atomic mass is 10.0. The van der Waals surface area contributed by atoms with Gasteiger partial charge in [-0.1, -0.05) is 42.5 Å². The molecule has 0 radical (unpaired) electrons. The number of benzene rings is 2. The average molecular weight is 359 g/mol. The number of aryl methyl sites for hydroxylation is 1. The Kier molecular flexibility index (Phi) is 5.07. The number of aromatic nitrogens is 1. The fourth-order valence-corrected chi connectivity index (χ4v) is 3.61. The number of nitrogens with two attached hydrogens (primary N) is 1. The zero-order valence-corrected chi connectivity index (χ0v) is 15.6. The molecule has 27 heavy (non-hydrogen) atoms. The number of rotatable bonds is 5. The van der Waals surface area contributed by atoms with Gasteiger partial charge in [-0.25, -0.2) is 4.98 Å². The third-order valence-corrected chi connectivity index (χ3v) is 5.06. The van der Waals surface area contributed by atoms with E-state index in [9.17, 15) is 0 Å². The molecule has 2 heterocycles. The van der Waals surface area contributed by atoms with Gasteiger partial charge in [-0.3, -0.25) is 0 Å². The molecule has 1 fully saturated rings. The van der Waals surface area contributed by atoms with Gasteiger partial charge in [-0.15, -0.1) is 0 Å². The molecule has 1 saturated heterocycles.